The second kappa shape index (κ2) is 6.08. The molecule has 0 radical (unpaired) electrons. The molecule has 0 spiro atoms. The van der Waals surface area contributed by atoms with Gasteiger partial charge in [0.15, 0.2) is 0 Å². The number of halogens is 1. The lowest BCUT2D eigenvalue weighted by atomic mass is 10.1. The number of hydrogen-bond donors (Lipinski definition) is 1. The summed E-state index contributed by atoms with van der Waals surface area (Å²) < 4.78 is 15.4. The van der Waals surface area contributed by atoms with E-state index in [0.717, 1.165) is 0 Å². The van der Waals surface area contributed by atoms with Gasteiger partial charge < -0.3 is 5.32 Å². The van der Waals surface area contributed by atoms with Gasteiger partial charge in [0.05, 0.1) is 11.8 Å². The van der Waals surface area contributed by atoms with E-state index < -0.39 is 5.82 Å². The zero-order valence-corrected chi connectivity index (χ0v) is 10.6. The predicted molar refractivity (Wildman–Crippen MR) is 68.1 cm³/mol. The first kappa shape index (κ1) is 13.2. The fourth-order valence-electron chi connectivity index (χ4n) is 1.71. The average molecular weight is 262 g/mol. The van der Waals surface area contributed by atoms with E-state index in [1.165, 1.54) is 6.07 Å². The SMILES string of the molecule is Cc1cccc(C(=O)NCCCn2ccnn2)c1F. The smallest absolute Gasteiger partial charge is 0.254 e. The second-order valence-electron chi connectivity index (χ2n) is 4.21. The number of amides is 1. The van der Waals surface area contributed by atoms with Gasteiger partial charge in [0.2, 0.25) is 0 Å². The molecule has 100 valence electrons. The topological polar surface area (TPSA) is 59.8 Å². The molecular formula is C13H15FN4O. The van der Waals surface area contributed by atoms with E-state index in [1.54, 1.807) is 36.1 Å². The highest BCUT2D eigenvalue weighted by Crippen LogP contribution is 2.11. The Morgan fingerprint density at radius 2 is 2.32 bits per heavy atom. The maximum atomic E-state index is 13.7. The molecular weight excluding hydrogens is 247 g/mol. The highest BCUT2D eigenvalue weighted by atomic mass is 19.1. The van der Waals surface area contributed by atoms with Crippen LogP contribution in [0.2, 0.25) is 0 Å². The van der Waals surface area contributed by atoms with Gasteiger partial charge in [-0.1, -0.05) is 17.3 Å². The maximum Gasteiger partial charge on any atom is 0.254 e. The number of nitrogens with zero attached hydrogens (tertiary/aromatic N) is 3. The molecule has 0 aliphatic rings. The van der Waals surface area contributed by atoms with Gasteiger partial charge in [-0.2, -0.15) is 0 Å². The van der Waals surface area contributed by atoms with Gasteiger partial charge in [0.1, 0.15) is 5.82 Å². The van der Waals surface area contributed by atoms with Crippen LogP contribution in [0.5, 0.6) is 0 Å². The maximum absolute atomic E-state index is 13.7. The third kappa shape index (κ3) is 3.37. The van der Waals surface area contributed by atoms with E-state index in [0.29, 0.717) is 25.1 Å². The molecule has 2 rings (SSSR count). The molecule has 1 aromatic heterocycles. The molecule has 1 N–H and O–H groups in total. The van der Waals surface area contributed by atoms with Crippen molar-refractivity contribution >= 4 is 5.91 Å². The monoisotopic (exact) mass is 262 g/mol. The van der Waals surface area contributed by atoms with Crippen LogP contribution in [0.25, 0.3) is 0 Å². The fourth-order valence-corrected chi connectivity index (χ4v) is 1.71. The molecule has 0 atom stereocenters. The summed E-state index contributed by atoms with van der Waals surface area (Å²) in [5, 5.41) is 10.2. The number of rotatable bonds is 5. The van der Waals surface area contributed by atoms with Gasteiger partial charge in [0, 0.05) is 19.3 Å². The van der Waals surface area contributed by atoms with Crippen LogP contribution in [0.3, 0.4) is 0 Å². The molecule has 0 bridgehead atoms. The molecule has 5 nitrogen and oxygen atoms in total. The molecule has 0 saturated carbocycles. The first-order valence-electron chi connectivity index (χ1n) is 6.06. The highest BCUT2D eigenvalue weighted by molar-refractivity contribution is 5.94. The first-order chi connectivity index (χ1) is 9.18. The molecule has 19 heavy (non-hydrogen) atoms. The normalized spacial score (nSPS) is 10.4. The number of hydrogen-bond acceptors (Lipinski definition) is 3. The summed E-state index contributed by atoms with van der Waals surface area (Å²) in [5.74, 6) is -0.851. The van der Waals surface area contributed by atoms with Crippen LogP contribution in [-0.2, 0) is 6.54 Å². The van der Waals surface area contributed by atoms with Gasteiger partial charge in [-0.05, 0) is 25.0 Å². The van der Waals surface area contributed by atoms with Crippen LogP contribution in [-0.4, -0.2) is 27.4 Å². The van der Waals surface area contributed by atoms with Gasteiger partial charge in [0.25, 0.3) is 5.91 Å². The Morgan fingerprint density at radius 3 is 3.05 bits per heavy atom. The Morgan fingerprint density at radius 1 is 1.47 bits per heavy atom. The zero-order valence-electron chi connectivity index (χ0n) is 10.6. The molecule has 0 aliphatic carbocycles. The molecule has 2 aromatic rings. The third-order valence-electron chi connectivity index (χ3n) is 2.76. The van der Waals surface area contributed by atoms with E-state index in [-0.39, 0.29) is 11.5 Å². The summed E-state index contributed by atoms with van der Waals surface area (Å²) in [5.41, 5.74) is 0.552. The number of benzene rings is 1. The van der Waals surface area contributed by atoms with Crippen molar-refractivity contribution in [1.82, 2.24) is 20.3 Å². The van der Waals surface area contributed by atoms with Crippen molar-refractivity contribution in [3.8, 4) is 0 Å². The van der Waals surface area contributed by atoms with Crippen molar-refractivity contribution < 1.29 is 9.18 Å². The van der Waals surface area contributed by atoms with Crippen LogP contribution in [0, 0.1) is 12.7 Å². The molecule has 0 unspecified atom stereocenters. The first-order valence-corrected chi connectivity index (χ1v) is 6.06. The van der Waals surface area contributed by atoms with Crippen LogP contribution in [0.1, 0.15) is 22.3 Å². The fraction of sp³-hybridized carbons (Fsp3) is 0.308. The van der Waals surface area contributed by atoms with Crippen LogP contribution in [0.4, 0.5) is 4.39 Å². The van der Waals surface area contributed by atoms with Crippen molar-refractivity contribution in [3.05, 3.63) is 47.5 Å². The molecule has 1 amide bonds. The quantitative estimate of drug-likeness (QED) is 0.832. The lowest BCUT2D eigenvalue weighted by molar-refractivity contribution is 0.0948. The summed E-state index contributed by atoms with van der Waals surface area (Å²) >= 11 is 0. The summed E-state index contributed by atoms with van der Waals surface area (Å²) in [6.45, 7) is 2.76. The van der Waals surface area contributed by atoms with E-state index in [4.69, 9.17) is 0 Å². The Bertz CT molecular complexity index is 554. The van der Waals surface area contributed by atoms with Crippen molar-refractivity contribution in [1.29, 1.82) is 0 Å². The van der Waals surface area contributed by atoms with Gasteiger partial charge in [-0.15, -0.1) is 5.10 Å². The number of aromatic nitrogens is 3. The lowest BCUT2D eigenvalue weighted by Crippen LogP contribution is -2.26. The Hall–Kier alpha value is -2.24. The Kier molecular flexibility index (Phi) is 4.22. The lowest BCUT2D eigenvalue weighted by Gasteiger charge is -2.07. The van der Waals surface area contributed by atoms with Crippen LogP contribution in [0.15, 0.2) is 30.6 Å². The molecule has 1 heterocycles. The number of carbonyl (C=O) groups is 1. The van der Waals surface area contributed by atoms with Gasteiger partial charge >= 0.3 is 0 Å². The molecule has 0 aliphatic heterocycles. The standard InChI is InChI=1S/C13H15FN4O/c1-10-4-2-5-11(12(10)14)13(19)15-6-3-8-18-9-7-16-17-18/h2,4-5,7,9H,3,6,8H2,1H3,(H,15,19). The minimum atomic E-state index is -0.462. The minimum Gasteiger partial charge on any atom is -0.352 e. The second-order valence-corrected chi connectivity index (χ2v) is 4.21. The predicted octanol–water partition coefficient (Wildman–Crippen LogP) is 1.55. The molecule has 1 aromatic carbocycles. The average Bonchev–Trinajstić information content (AvgIpc) is 2.91. The van der Waals surface area contributed by atoms with Crippen LogP contribution >= 0.6 is 0 Å². The largest absolute Gasteiger partial charge is 0.352 e. The van der Waals surface area contributed by atoms with Gasteiger partial charge in [-0.3, -0.25) is 9.48 Å². The summed E-state index contributed by atoms with van der Waals surface area (Å²) in [4.78, 5) is 11.8. The number of nitrogens with one attached hydrogen (secondary N) is 1. The number of aryl methyl sites for hydroxylation is 2. The Labute approximate surface area is 110 Å². The summed E-state index contributed by atoms with van der Waals surface area (Å²) in [7, 11) is 0. The Balaban J connectivity index is 1.83. The van der Waals surface area contributed by atoms with Crippen LogP contribution < -0.4 is 5.32 Å². The van der Waals surface area contributed by atoms with E-state index in [2.05, 4.69) is 15.6 Å². The van der Waals surface area contributed by atoms with Gasteiger partial charge in [-0.25, -0.2) is 4.39 Å². The highest BCUT2D eigenvalue weighted by Gasteiger charge is 2.12. The van der Waals surface area contributed by atoms with E-state index in [1.807, 2.05) is 0 Å². The van der Waals surface area contributed by atoms with E-state index in [9.17, 15) is 9.18 Å². The zero-order chi connectivity index (χ0) is 13.7. The minimum absolute atomic E-state index is 0.0840. The summed E-state index contributed by atoms with van der Waals surface area (Å²) in [6.07, 6.45) is 4.06. The van der Waals surface area contributed by atoms with Crippen molar-refractivity contribution in [2.75, 3.05) is 6.54 Å². The van der Waals surface area contributed by atoms with Crippen molar-refractivity contribution in [2.45, 2.75) is 19.9 Å². The summed E-state index contributed by atoms with van der Waals surface area (Å²) in [6, 6.07) is 4.79. The number of carbonyl (C=O) groups excluding carboxylic acids is 1. The van der Waals surface area contributed by atoms with Crippen molar-refractivity contribution in [2.24, 2.45) is 0 Å². The third-order valence-corrected chi connectivity index (χ3v) is 2.76. The van der Waals surface area contributed by atoms with Crippen molar-refractivity contribution in [3.63, 3.8) is 0 Å². The molecule has 0 fully saturated rings. The van der Waals surface area contributed by atoms with E-state index >= 15 is 0 Å². The molecule has 6 heteroatoms. The molecule has 0 saturated heterocycles.